The Hall–Kier alpha value is -1.23. The van der Waals surface area contributed by atoms with E-state index in [9.17, 15) is 8.78 Å². The zero-order valence-electron chi connectivity index (χ0n) is 7.21. The fourth-order valence-corrected chi connectivity index (χ4v) is 1.44. The van der Waals surface area contributed by atoms with Gasteiger partial charge in [-0.05, 0) is 13.0 Å². The predicted octanol–water partition coefficient (Wildman–Crippen LogP) is 2.63. The van der Waals surface area contributed by atoms with Crippen molar-refractivity contribution in [1.82, 2.24) is 14.6 Å². The number of hydrogen-bond donors (Lipinski definition) is 0. The lowest BCUT2D eigenvalue weighted by Gasteiger charge is -2.01. The number of aryl methyl sites for hydroxylation is 1. The van der Waals surface area contributed by atoms with Crippen molar-refractivity contribution in [2.45, 2.75) is 13.3 Å². The van der Waals surface area contributed by atoms with Gasteiger partial charge in [-0.25, -0.2) is 18.3 Å². The molecule has 0 aliphatic carbocycles. The summed E-state index contributed by atoms with van der Waals surface area (Å²) in [6, 6.07) is 1.13. The highest BCUT2D eigenvalue weighted by molar-refractivity contribution is 6.29. The van der Waals surface area contributed by atoms with Crippen LogP contribution in [0.2, 0.25) is 5.15 Å². The highest BCUT2D eigenvalue weighted by Crippen LogP contribution is 2.24. The molecule has 0 aliphatic rings. The number of rotatable bonds is 1. The number of fused-ring (bicyclic) bond motifs is 1. The van der Waals surface area contributed by atoms with Crippen LogP contribution in [0.25, 0.3) is 5.65 Å². The van der Waals surface area contributed by atoms with E-state index in [-0.39, 0.29) is 16.4 Å². The maximum atomic E-state index is 12.5. The smallest absolute Gasteiger partial charge is 0.232 e. The fraction of sp³-hybridized carbons (Fsp3) is 0.250. The topological polar surface area (TPSA) is 30.2 Å². The molecule has 6 heteroatoms. The number of imidazole rings is 1. The Labute approximate surface area is 83.3 Å². The minimum absolute atomic E-state index is 0.0326. The first-order valence-electron chi connectivity index (χ1n) is 3.88. The van der Waals surface area contributed by atoms with Crippen molar-refractivity contribution in [1.29, 1.82) is 0 Å². The Bertz CT molecular complexity index is 481. The summed E-state index contributed by atoms with van der Waals surface area (Å²) in [6.45, 7) is 1.71. The number of nitrogens with zero attached hydrogens (tertiary/aromatic N) is 3. The van der Waals surface area contributed by atoms with Crippen molar-refractivity contribution < 1.29 is 8.78 Å². The maximum Gasteiger partial charge on any atom is 0.267 e. The Morgan fingerprint density at radius 1 is 1.50 bits per heavy atom. The van der Waals surface area contributed by atoms with Crippen molar-refractivity contribution >= 4 is 17.2 Å². The van der Waals surface area contributed by atoms with E-state index in [0.717, 1.165) is 6.07 Å². The third-order valence-electron chi connectivity index (χ3n) is 1.78. The third-order valence-corrected chi connectivity index (χ3v) is 1.96. The van der Waals surface area contributed by atoms with Crippen LogP contribution in [-0.4, -0.2) is 14.6 Å². The van der Waals surface area contributed by atoms with Gasteiger partial charge in [-0.1, -0.05) is 11.6 Å². The van der Waals surface area contributed by atoms with E-state index in [1.54, 1.807) is 13.1 Å². The number of hydrogen-bond acceptors (Lipinski definition) is 2. The molecule has 0 aliphatic heterocycles. The van der Waals surface area contributed by atoms with E-state index >= 15 is 0 Å². The van der Waals surface area contributed by atoms with E-state index in [0.29, 0.717) is 5.69 Å². The lowest BCUT2D eigenvalue weighted by atomic mass is 10.3. The number of aromatic nitrogens is 3. The number of halogens is 3. The first kappa shape index (κ1) is 9.33. The van der Waals surface area contributed by atoms with E-state index in [1.165, 1.54) is 4.52 Å². The van der Waals surface area contributed by atoms with Gasteiger partial charge in [0.25, 0.3) is 6.43 Å². The van der Waals surface area contributed by atoms with Gasteiger partial charge >= 0.3 is 0 Å². The summed E-state index contributed by atoms with van der Waals surface area (Å²) in [4.78, 5) is 3.94. The highest BCUT2D eigenvalue weighted by Gasteiger charge is 2.15. The van der Waals surface area contributed by atoms with Crippen LogP contribution in [0.15, 0.2) is 12.3 Å². The average molecular weight is 218 g/mol. The van der Waals surface area contributed by atoms with Crippen LogP contribution in [0, 0.1) is 6.92 Å². The summed E-state index contributed by atoms with van der Waals surface area (Å²) in [7, 11) is 0. The molecule has 0 amide bonds. The highest BCUT2D eigenvalue weighted by atomic mass is 35.5. The molecule has 2 aromatic heterocycles. The van der Waals surface area contributed by atoms with E-state index < -0.39 is 6.43 Å². The summed E-state index contributed by atoms with van der Waals surface area (Å²) in [5, 5.41) is 3.86. The first-order chi connectivity index (χ1) is 6.58. The predicted molar refractivity (Wildman–Crippen MR) is 47.7 cm³/mol. The molecule has 2 aromatic rings. The number of alkyl halides is 2. The summed E-state index contributed by atoms with van der Waals surface area (Å²) in [5.74, 6) is 0. The second-order valence-electron chi connectivity index (χ2n) is 2.87. The molecule has 0 atom stereocenters. The summed E-state index contributed by atoms with van der Waals surface area (Å²) >= 11 is 5.58. The molecule has 0 unspecified atom stereocenters. The Balaban J connectivity index is 2.79. The lowest BCUT2D eigenvalue weighted by Crippen LogP contribution is -1.97. The van der Waals surface area contributed by atoms with Crippen molar-refractivity contribution in [2.75, 3.05) is 0 Å². The van der Waals surface area contributed by atoms with Crippen LogP contribution in [-0.2, 0) is 0 Å². The molecule has 74 valence electrons. The van der Waals surface area contributed by atoms with Crippen LogP contribution in [0.3, 0.4) is 0 Å². The quantitative estimate of drug-likeness (QED) is 0.735. The normalized spacial score (nSPS) is 11.5. The Morgan fingerprint density at radius 3 is 2.86 bits per heavy atom. The minimum Gasteiger partial charge on any atom is -0.232 e. The van der Waals surface area contributed by atoms with Crippen LogP contribution >= 0.6 is 11.6 Å². The molecule has 0 fully saturated rings. The molecule has 3 nitrogen and oxygen atoms in total. The first-order valence-corrected chi connectivity index (χ1v) is 4.26. The Kier molecular flexibility index (Phi) is 2.11. The van der Waals surface area contributed by atoms with Gasteiger partial charge in [0.15, 0.2) is 10.8 Å². The Morgan fingerprint density at radius 2 is 2.21 bits per heavy atom. The van der Waals surface area contributed by atoms with Crippen molar-refractivity contribution in [2.24, 2.45) is 0 Å². The van der Waals surface area contributed by atoms with Gasteiger partial charge in [0.1, 0.15) is 0 Å². The van der Waals surface area contributed by atoms with Gasteiger partial charge in [0, 0.05) is 0 Å². The van der Waals surface area contributed by atoms with Gasteiger partial charge in [0.2, 0.25) is 0 Å². The van der Waals surface area contributed by atoms with E-state index in [2.05, 4.69) is 10.1 Å². The minimum atomic E-state index is -2.60. The summed E-state index contributed by atoms with van der Waals surface area (Å²) < 4.78 is 26.4. The fourth-order valence-electron chi connectivity index (χ4n) is 1.24. The van der Waals surface area contributed by atoms with Gasteiger partial charge in [-0.3, -0.25) is 0 Å². The molecule has 0 aromatic carbocycles. The van der Waals surface area contributed by atoms with Gasteiger partial charge in [-0.2, -0.15) is 5.10 Å². The molecule has 2 heterocycles. The molecule has 0 bridgehead atoms. The molecule has 0 N–H and O–H groups in total. The van der Waals surface area contributed by atoms with E-state index in [1.807, 2.05) is 0 Å². The molecule has 0 radical (unpaired) electrons. The second-order valence-corrected chi connectivity index (χ2v) is 3.26. The van der Waals surface area contributed by atoms with Gasteiger partial charge < -0.3 is 0 Å². The van der Waals surface area contributed by atoms with Gasteiger partial charge in [0.05, 0.1) is 17.5 Å². The van der Waals surface area contributed by atoms with Crippen molar-refractivity contribution in [3.63, 3.8) is 0 Å². The SMILES string of the molecule is Cc1cn2nc(Cl)cc(C(F)F)c2n1. The monoisotopic (exact) mass is 217 g/mol. The molecule has 0 spiro atoms. The van der Waals surface area contributed by atoms with Crippen molar-refractivity contribution in [3.05, 3.63) is 28.7 Å². The average Bonchev–Trinajstić information content (AvgIpc) is 2.42. The zero-order valence-corrected chi connectivity index (χ0v) is 7.96. The molecule has 2 rings (SSSR count). The van der Waals surface area contributed by atoms with Gasteiger partial charge in [-0.15, -0.1) is 0 Å². The van der Waals surface area contributed by atoms with Crippen molar-refractivity contribution in [3.8, 4) is 0 Å². The van der Waals surface area contributed by atoms with Crippen LogP contribution in [0.1, 0.15) is 17.7 Å². The molecular formula is C8H6ClF2N3. The second kappa shape index (κ2) is 3.16. The van der Waals surface area contributed by atoms with Crippen LogP contribution in [0.4, 0.5) is 8.78 Å². The summed E-state index contributed by atoms with van der Waals surface area (Å²) in [6.07, 6.45) is -1.05. The lowest BCUT2D eigenvalue weighted by molar-refractivity contribution is 0.152. The molecule has 0 saturated carbocycles. The zero-order chi connectivity index (χ0) is 10.3. The molecule has 14 heavy (non-hydrogen) atoms. The van der Waals surface area contributed by atoms with Crippen LogP contribution < -0.4 is 0 Å². The molecule has 0 saturated heterocycles. The molecular weight excluding hydrogens is 212 g/mol. The maximum absolute atomic E-state index is 12.5. The largest absolute Gasteiger partial charge is 0.267 e. The standard InChI is InChI=1S/C8H6ClF2N3/c1-4-3-14-8(12-4)5(7(10)11)2-6(9)13-14/h2-3,7H,1H3. The third kappa shape index (κ3) is 1.43. The summed E-state index contributed by atoms with van der Waals surface area (Å²) in [5.41, 5.74) is 0.585. The van der Waals surface area contributed by atoms with Crippen LogP contribution in [0.5, 0.6) is 0 Å². The van der Waals surface area contributed by atoms with E-state index in [4.69, 9.17) is 11.6 Å².